The molecule has 1 aromatic rings. The molecule has 0 aromatic heterocycles. The lowest BCUT2D eigenvalue weighted by Gasteiger charge is -2.14. The van der Waals surface area contributed by atoms with E-state index in [1.54, 1.807) is 0 Å². The average Bonchev–Trinajstić information content (AvgIpc) is 3.19. The Morgan fingerprint density at radius 2 is 2.21 bits per heavy atom. The summed E-state index contributed by atoms with van der Waals surface area (Å²) in [5, 5.41) is 4.21. The second-order valence-electron chi connectivity index (χ2n) is 5.62. The maximum Gasteiger partial charge on any atom is 0.137 e. The number of nitrogens with one attached hydrogen (secondary N) is 1. The van der Waals surface area contributed by atoms with Crippen LogP contribution in [0.25, 0.3) is 0 Å². The third-order valence-corrected chi connectivity index (χ3v) is 3.77. The van der Waals surface area contributed by atoms with E-state index >= 15 is 0 Å². The van der Waals surface area contributed by atoms with E-state index in [0.717, 1.165) is 30.0 Å². The topological polar surface area (TPSA) is 21.3 Å². The Morgan fingerprint density at radius 3 is 2.84 bits per heavy atom. The van der Waals surface area contributed by atoms with Crippen molar-refractivity contribution in [2.45, 2.75) is 52.1 Å². The van der Waals surface area contributed by atoms with Gasteiger partial charge in [-0.1, -0.05) is 37.9 Å². The van der Waals surface area contributed by atoms with Crippen molar-refractivity contribution in [3.63, 3.8) is 0 Å². The van der Waals surface area contributed by atoms with Crippen LogP contribution in [0.5, 0.6) is 5.75 Å². The predicted octanol–water partition coefficient (Wildman–Crippen LogP) is 4.41. The molecule has 0 bridgehead atoms. The first kappa shape index (κ1) is 14.7. The van der Waals surface area contributed by atoms with Crippen molar-refractivity contribution < 1.29 is 4.74 Å². The summed E-state index contributed by atoms with van der Waals surface area (Å²) in [7, 11) is 0. The van der Waals surface area contributed by atoms with Gasteiger partial charge in [-0.3, -0.25) is 0 Å². The highest BCUT2D eigenvalue weighted by atomic mass is 35.5. The standard InChI is InChI=1S/C16H24ClNO/c1-3-4-12(2)11-19-16-8-5-13(9-15(16)17)10-18-14-6-7-14/h5,8-9,12,14,18H,3-4,6-7,10-11H2,1-2H3. The van der Waals surface area contributed by atoms with Crippen LogP contribution in [0.1, 0.15) is 45.1 Å². The van der Waals surface area contributed by atoms with Crippen LogP contribution >= 0.6 is 11.6 Å². The van der Waals surface area contributed by atoms with Gasteiger partial charge in [0, 0.05) is 12.6 Å². The van der Waals surface area contributed by atoms with Crippen molar-refractivity contribution in [1.29, 1.82) is 0 Å². The Hall–Kier alpha value is -0.730. The molecule has 0 radical (unpaired) electrons. The van der Waals surface area contributed by atoms with Gasteiger partial charge in [-0.15, -0.1) is 0 Å². The van der Waals surface area contributed by atoms with Gasteiger partial charge in [0.05, 0.1) is 11.6 Å². The third kappa shape index (κ3) is 5.04. The van der Waals surface area contributed by atoms with Crippen LogP contribution in [0.3, 0.4) is 0 Å². The van der Waals surface area contributed by atoms with Crippen molar-refractivity contribution in [3.05, 3.63) is 28.8 Å². The fourth-order valence-corrected chi connectivity index (χ4v) is 2.39. The minimum atomic E-state index is 0.581. The average molecular weight is 282 g/mol. The second-order valence-corrected chi connectivity index (χ2v) is 6.03. The smallest absolute Gasteiger partial charge is 0.137 e. The van der Waals surface area contributed by atoms with Gasteiger partial charge in [-0.2, -0.15) is 0 Å². The molecule has 0 heterocycles. The van der Waals surface area contributed by atoms with E-state index in [9.17, 15) is 0 Å². The zero-order valence-electron chi connectivity index (χ0n) is 11.9. The molecule has 1 unspecified atom stereocenters. The maximum atomic E-state index is 6.27. The van der Waals surface area contributed by atoms with Gasteiger partial charge >= 0.3 is 0 Å². The summed E-state index contributed by atoms with van der Waals surface area (Å²) >= 11 is 6.27. The van der Waals surface area contributed by atoms with Crippen molar-refractivity contribution in [3.8, 4) is 5.75 Å². The monoisotopic (exact) mass is 281 g/mol. The van der Waals surface area contributed by atoms with E-state index in [-0.39, 0.29) is 0 Å². The summed E-state index contributed by atoms with van der Waals surface area (Å²) in [4.78, 5) is 0. The molecular weight excluding hydrogens is 258 g/mol. The third-order valence-electron chi connectivity index (χ3n) is 3.47. The minimum Gasteiger partial charge on any atom is -0.492 e. The van der Waals surface area contributed by atoms with E-state index in [4.69, 9.17) is 16.3 Å². The summed E-state index contributed by atoms with van der Waals surface area (Å²) < 4.78 is 5.79. The molecule has 19 heavy (non-hydrogen) atoms. The van der Waals surface area contributed by atoms with E-state index in [1.807, 2.05) is 12.1 Å². The summed E-state index contributed by atoms with van der Waals surface area (Å²) in [5.74, 6) is 1.39. The maximum absolute atomic E-state index is 6.27. The van der Waals surface area contributed by atoms with E-state index in [2.05, 4.69) is 25.2 Å². The molecule has 0 amide bonds. The Balaban J connectivity index is 1.83. The fourth-order valence-electron chi connectivity index (χ4n) is 2.13. The van der Waals surface area contributed by atoms with Gasteiger partial charge in [0.15, 0.2) is 0 Å². The molecule has 0 aliphatic heterocycles. The largest absolute Gasteiger partial charge is 0.492 e. The van der Waals surface area contributed by atoms with Crippen molar-refractivity contribution >= 4 is 11.6 Å². The molecule has 1 aliphatic carbocycles. The molecule has 0 spiro atoms. The van der Waals surface area contributed by atoms with Crippen LogP contribution in [-0.2, 0) is 6.54 Å². The highest BCUT2D eigenvalue weighted by Gasteiger charge is 2.20. The zero-order chi connectivity index (χ0) is 13.7. The molecule has 3 heteroatoms. The van der Waals surface area contributed by atoms with Gasteiger partial charge in [0.2, 0.25) is 0 Å². The van der Waals surface area contributed by atoms with Crippen LogP contribution in [-0.4, -0.2) is 12.6 Å². The molecule has 2 rings (SSSR count). The molecule has 1 atom stereocenters. The first-order valence-electron chi connectivity index (χ1n) is 7.33. The molecule has 0 saturated heterocycles. The van der Waals surface area contributed by atoms with Crippen molar-refractivity contribution in [2.75, 3.05) is 6.61 Å². The highest BCUT2D eigenvalue weighted by Crippen LogP contribution is 2.27. The molecule has 2 nitrogen and oxygen atoms in total. The normalized spacial score (nSPS) is 16.4. The van der Waals surface area contributed by atoms with Gasteiger partial charge in [0.1, 0.15) is 5.75 Å². The second kappa shape index (κ2) is 7.16. The number of rotatable bonds is 8. The number of hydrogen-bond acceptors (Lipinski definition) is 2. The van der Waals surface area contributed by atoms with Crippen molar-refractivity contribution in [2.24, 2.45) is 5.92 Å². The zero-order valence-corrected chi connectivity index (χ0v) is 12.7. The molecule has 1 aliphatic rings. The van der Waals surface area contributed by atoms with Crippen LogP contribution in [0.2, 0.25) is 5.02 Å². The lowest BCUT2D eigenvalue weighted by atomic mass is 10.1. The van der Waals surface area contributed by atoms with Crippen LogP contribution in [0.15, 0.2) is 18.2 Å². The fraction of sp³-hybridized carbons (Fsp3) is 0.625. The lowest BCUT2D eigenvalue weighted by molar-refractivity contribution is 0.251. The molecule has 1 saturated carbocycles. The Kier molecular flexibility index (Phi) is 5.53. The summed E-state index contributed by atoms with van der Waals surface area (Å²) in [6.45, 7) is 6.06. The molecular formula is C16H24ClNO. The summed E-state index contributed by atoms with van der Waals surface area (Å²) in [5.41, 5.74) is 1.23. The molecule has 1 fully saturated rings. The molecule has 1 aromatic carbocycles. The first-order valence-corrected chi connectivity index (χ1v) is 7.71. The molecule has 1 N–H and O–H groups in total. The van der Waals surface area contributed by atoms with Crippen molar-refractivity contribution in [1.82, 2.24) is 5.32 Å². The van der Waals surface area contributed by atoms with Crippen LogP contribution < -0.4 is 10.1 Å². The van der Waals surface area contributed by atoms with E-state index < -0.39 is 0 Å². The van der Waals surface area contributed by atoms with E-state index in [1.165, 1.54) is 31.2 Å². The Morgan fingerprint density at radius 1 is 1.42 bits per heavy atom. The number of ether oxygens (including phenoxy) is 1. The number of hydrogen-bond donors (Lipinski definition) is 1. The SMILES string of the molecule is CCCC(C)COc1ccc(CNC2CC2)cc1Cl. The van der Waals surface area contributed by atoms with Gasteiger partial charge in [0.25, 0.3) is 0 Å². The van der Waals surface area contributed by atoms with Gasteiger partial charge < -0.3 is 10.1 Å². The number of halogens is 1. The summed E-state index contributed by atoms with van der Waals surface area (Å²) in [6, 6.07) is 6.83. The summed E-state index contributed by atoms with van der Waals surface area (Å²) in [6.07, 6.45) is 5.01. The first-order chi connectivity index (χ1) is 9.19. The quantitative estimate of drug-likeness (QED) is 0.762. The molecule has 106 valence electrons. The predicted molar refractivity (Wildman–Crippen MR) is 80.9 cm³/mol. The lowest BCUT2D eigenvalue weighted by Crippen LogP contribution is -2.15. The van der Waals surface area contributed by atoms with Crippen LogP contribution in [0, 0.1) is 5.92 Å². The van der Waals surface area contributed by atoms with Crippen LogP contribution in [0.4, 0.5) is 0 Å². The Bertz CT molecular complexity index is 404. The van der Waals surface area contributed by atoms with E-state index in [0.29, 0.717) is 5.92 Å². The minimum absolute atomic E-state index is 0.581. The van der Waals surface area contributed by atoms with Gasteiger partial charge in [-0.05, 0) is 42.9 Å². The van der Waals surface area contributed by atoms with Gasteiger partial charge in [-0.25, -0.2) is 0 Å². The highest BCUT2D eigenvalue weighted by molar-refractivity contribution is 6.32. The number of benzene rings is 1. The Labute approximate surface area is 121 Å².